The van der Waals surface area contributed by atoms with Gasteiger partial charge in [-0.3, -0.25) is 4.79 Å². The summed E-state index contributed by atoms with van der Waals surface area (Å²) in [5.41, 5.74) is 2.19. The molecule has 1 aromatic heterocycles. The van der Waals surface area contributed by atoms with Crippen LogP contribution in [-0.2, 0) is 22.5 Å². The molecule has 0 N–H and O–H groups in total. The average molecular weight is 322 g/mol. The fraction of sp³-hybridized carbons (Fsp3) is 0.375. The first kappa shape index (κ1) is 14.9. The van der Waals surface area contributed by atoms with E-state index < -0.39 is 5.97 Å². The van der Waals surface area contributed by atoms with Crippen molar-refractivity contribution in [1.29, 1.82) is 0 Å². The fourth-order valence-corrected chi connectivity index (χ4v) is 3.10. The van der Waals surface area contributed by atoms with Crippen LogP contribution in [0.1, 0.15) is 35.5 Å². The molecule has 1 amide bonds. The number of rotatable bonds is 2. The molecule has 0 atom stereocenters. The topological polar surface area (TPSA) is 59.8 Å². The molecular weight excluding hydrogens is 306 g/mol. The Labute approximate surface area is 132 Å². The van der Waals surface area contributed by atoms with Gasteiger partial charge in [-0.1, -0.05) is 11.6 Å². The van der Waals surface area contributed by atoms with Crippen molar-refractivity contribution < 1.29 is 18.7 Å². The van der Waals surface area contributed by atoms with E-state index in [0.29, 0.717) is 35.7 Å². The van der Waals surface area contributed by atoms with E-state index in [1.54, 1.807) is 24.0 Å². The molecule has 0 fully saturated rings. The van der Waals surface area contributed by atoms with Gasteiger partial charge in [-0.25, -0.2) is 4.79 Å². The van der Waals surface area contributed by atoms with Crippen LogP contribution in [0.3, 0.4) is 0 Å². The Morgan fingerprint density at radius 2 is 2.14 bits per heavy atom. The molecule has 0 saturated heterocycles. The minimum Gasteiger partial charge on any atom is -0.460 e. The fourth-order valence-electron chi connectivity index (χ4n) is 2.84. The second kappa shape index (κ2) is 5.65. The third-order valence-electron chi connectivity index (χ3n) is 3.89. The van der Waals surface area contributed by atoms with Crippen molar-refractivity contribution in [3.8, 4) is 0 Å². The average Bonchev–Trinajstić information content (AvgIpc) is 2.70. The van der Waals surface area contributed by atoms with Crippen LogP contribution >= 0.6 is 11.6 Å². The first-order valence-electron chi connectivity index (χ1n) is 7.18. The van der Waals surface area contributed by atoms with Crippen molar-refractivity contribution in [2.45, 2.75) is 26.8 Å². The highest BCUT2D eigenvalue weighted by atomic mass is 35.5. The van der Waals surface area contributed by atoms with Crippen LogP contribution < -0.4 is 0 Å². The largest absolute Gasteiger partial charge is 0.460 e. The zero-order valence-corrected chi connectivity index (χ0v) is 13.2. The summed E-state index contributed by atoms with van der Waals surface area (Å²) in [6.45, 7) is 4.40. The van der Waals surface area contributed by atoms with Crippen molar-refractivity contribution in [3.05, 3.63) is 34.0 Å². The Hall–Kier alpha value is -2.01. The molecule has 2 aromatic rings. The van der Waals surface area contributed by atoms with E-state index in [2.05, 4.69) is 0 Å². The summed E-state index contributed by atoms with van der Waals surface area (Å²) in [6.07, 6.45) is 0.630. The number of furan rings is 1. The maximum absolute atomic E-state index is 12.2. The van der Waals surface area contributed by atoms with Gasteiger partial charge in [-0.05, 0) is 31.0 Å². The number of carbonyl (C=O) groups is 2. The van der Waals surface area contributed by atoms with Crippen molar-refractivity contribution in [2.75, 3.05) is 13.2 Å². The van der Waals surface area contributed by atoms with E-state index in [4.69, 9.17) is 20.8 Å². The lowest BCUT2D eigenvalue weighted by Gasteiger charge is -2.18. The summed E-state index contributed by atoms with van der Waals surface area (Å²) in [7, 11) is 0. The second-order valence-corrected chi connectivity index (χ2v) is 5.63. The Balaban J connectivity index is 2.22. The molecule has 0 spiro atoms. The molecule has 0 saturated carbocycles. The summed E-state index contributed by atoms with van der Waals surface area (Å²) in [6, 6.07) is 3.50. The van der Waals surface area contributed by atoms with Gasteiger partial charge in [0.05, 0.1) is 13.2 Å². The molecule has 22 heavy (non-hydrogen) atoms. The maximum Gasteiger partial charge on any atom is 0.374 e. The normalized spacial score (nSPS) is 14.0. The summed E-state index contributed by atoms with van der Waals surface area (Å²) < 4.78 is 10.8. The van der Waals surface area contributed by atoms with Crippen LogP contribution in [0, 0.1) is 0 Å². The lowest BCUT2D eigenvalue weighted by molar-refractivity contribution is -0.129. The molecule has 5 nitrogen and oxygen atoms in total. The standard InChI is InChI=1S/C16H16ClNO4/c1-3-21-16(20)15-11-8-18(9(2)19)7-6-10-12(17)4-5-13(22-15)14(10)11/h4-5H,3,6-8H2,1-2H3. The lowest BCUT2D eigenvalue weighted by Crippen LogP contribution is -2.29. The molecule has 3 rings (SSSR count). The van der Waals surface area contributed by atoms with Crippen LogP contribution in [0.15, 0.2) is 16.5 Å². The van der Waals surface area contributed by atoms with Gasteiger partial charge in [0.15, 0.2) is 0 Å². The zero-order valence-electron chi connectivity index (χ0n) is 12.4. The summed E-state index contributed by atoms with van der Waals surface area (Å²) in [5, 5.41) is 1.45. The molecule has 0 bridgehead atoms. The molecule has 116 valence electrons. The third kappa shape index (κ3) is 2.35. The predicted molar refractivity (Wildman–Crippen MR) is 82.0 cm³/mol. The first-order valence-corrected chi connectivity index (χ1v) is 7.56. The molecule has 6 heteroatoms. The van der Waals surface area contributed by atoms with E-state index in [-0.39, 0.29) is 18.3 Å². The van der Waals surface area contributed by atoms with Crippen LogP contribution in [0.25, 0.3) is 11.0 Å². The number of halogens is 1. The number of nitrogens with zero attached hydrogens (tertiary/aromatic N) is 1. The summed E-state index contributed by atoms with van der Waals surface area (Å²) in [5.74, 6) is -0.400. The van der Waals surface area contributed by atoms with Gasteiger partial charge in [0.1, 0.15) is 5.58 Å². The molecule has 0 radical (unpaired) electrons. The van der Waals surface area contributed by atoms with E-state index in [0.717, 1.165) is 10.9 Å². The third-order valence-corrected chi connectivity index (χ3v) is 4.25. The van der Waals surface area contributed by atoms with Gasteiger partial charge < -0.3 is 14.1 Å². The molecule has 1 aromatic carbocycles. The van der Waals surface area contributed by atoms with Gasteiger partial charge >= 0.3 is 5.97 Å². The number of ether oxygens (including phenoxy) is 1. The molecule has 1 aliphatic rings. The van der Waals surface area contributed by atoms with Gasteiger partial charge in [0.25, 0.3) is 0 Å². The Morgan fingerprint density at radius 1 is 1.36 bits per heavy atom. The second-order valence-electron chi connectivity index (χ2n) is 5.22. The van der Waals surface area contributed by atoms with Crippen LogP contribution in [0.5, 0.6) is 0 Å². The van der Waals surface area contributed by atoms with Gasteiger partial charge in [-0.15, -0.1) is 0 Å². The first-order chi connectivity index (χ1) is 10.5. The van der Waals surface area contributed by atoms with Crippen molar-refractivity contribution in [3.63, 3.8) is 0 Å². The van der Waals surface area contributed by atoms with Gasteiger partial charge in [0, 0.05) is 29.4 Å². The quantitative estimate of drug-likeness (QED) is 0.797. The van der Waals surface area contributed by atoms with Crippen molar-refractivity contribution in [2.24, 2.45) is 0 Å². The number of hydrogen-bond acceptors (Lipinski definition) is 4. The molecular formula is C16H16ClNO4. The van der Waals surface area contributed by atoms with Crippen LogP contribution in [0.2, 0.25) is 5.02 Å². The van der Waals surface area contributed by atoms with E-state index in [9.17, 15) is 9.59 Å². The van der Waals surface area contributed by atoms with Gasteiger partial charge in [-0.2, -0.15) is 0 Å². The summed E-state index contributed by atoms with van der Waals surface area (Å²) in [4.78, 5) is 25.6. The zero-order chi connectivity index (χ0) is 15.9. The van der Waals surface area contributed by atoms with Crippen molar-refractivity contribution in [1.82, 2.24) is 4.90 Å². The van der Waals surface area contributed by atoms with Crippen molar-refractivity contribution >= 4 is 34.4 Å². The molecule has 0 unspecified atom stereocenters. The highest BCUT2D eigenvalue weighted by Gasteiger charge is 2.29. The van der Waals surface area contributed by atoms with E-state index >= 15 is 0 Å². The lowest BCUT2D eigenvalue weighted by atomic mass is 10.0. The minimum atomic E-state index is -0.513. The smallest absolute Gasteiger partial charge is 0.374 e. The highest BCUT2D eigenvalue weighted by Crippen LogP contribution is 2.36. The monoisotopic (exact) mass is 321 g/mol. The number of hydrogen-bond donors (Lipinski definition) is 0. The highest BCUT2D eigenvalue weighted by molar-refractivity contribution is 6.32. The van der Waals surface area contributed by atoms with E-state index in [1.807, 2.05) is 0 Å². The van der Waals surface area contributed by atoms with Crippen LogP contribution in [-0.4, -0.2) is 29.9 Å². The van der Waals surface area contributed by atoms with Gasteiger partial charge in [0.2, 0.25) is 11.7 Å². The Kier molecular flexibility index (Phi) is 3.83. The number of amides is 1. The molecule has 0 aliphatic carbocycles. The Bertz CT molecular complexity index is 765. The number of benzene rings is 1. The Morgan fingerprint density at radius 3 is 2.82 bits per heavy atom. The maximum atomic E-state index is 12.2. The summed E-state index contributed by atoms with van der Waals surface area (Å²) >= 11 is 6.30. The van der Waals surface area contributed by atoms with E-state index in [1.165, 1.54) is 6.92 Å². The van der Waals surface area contributed by atoms with Crippen LogP contribution in [0.4, 0.5) is 0 Å². The molecule has 1 aliphatic heterocycles. The SMILES string of the molecule is CCOC(=O)c1oc2ccc(Cl)c3c2c1CN(C(C)=O)CC3. The minimum absolute atomic E-state index is 0.0481. The number of carbonyl (C=O) groups excluding carboxylic acids is 2. The molecule has 2 heterocycles. The number of esters is 1. The predicted octanol–water partition coefficient (Wildman–Crippen LogP) is 3.17.